The lowest BCUT2D eigenvalue weighted by atomic mass is 10.1. The number of hydrogen-bond acceptors (Lipinski definition) is 6. The lowest BCUT2D eigenvalue weighted by molar-refractivity contribution is -0.118. The first kappa shape index (κ1) is 23.5. The van der Waals surface area contributed by atoms with E-state index in [1.165, 1.54) is 12.1 Å². The van der Waals surface area contributed by atoms with E-state index in [0.29, 0.717) is 12.1 Å². The van der Waals surface area contributed by atoms with E-state index in [0.717, 1.165) is 11.1 Å². The predicted octanol–water partition coefficient (Wildman–Crippen LogP) is 0.355. The van der Waals surface area contributed by atoms with Gasteiger partial charge in [0.2, 0.25) is 21.8 Å². The van der Waals surface area contributed by atoms with Crippen molar-refractivity contribution in [2.75, 3.05) is 23.4 Å². The number of benzene rings is 2. The van der Waals surface area contributed by atoms with Crippen LogP contribution < -0.4 is 15.8 Å². The molecule has 0 aliphatic carbocycles. The highest BCUT2D eigenvalue weighted by atomic mass is 32.2. The number of anilines is 1. The second kappa shape index (κ2) is 9.83. The monoisotopic (exact) mass is 453 g/mol. The minimum absolute atomic E-state index is 0.0229. The molecule has 0 saturated heterocycles. The summed E-state index contributed by atoms with van der Waals surface area (Å²) >= 11 is 0. The van der Waals surface area contributed by atoms with Crippen LogP contribution in [0.1, 0.15) is 11.1 Å². The Labute approximate surface area is 175 Å². The molecule has 2 amide bonds. The van der Waals surface area contributed by atoms with Crippen LogP contribution in [0.3, 0.4) is 0 Å². The lowest BCUT2D eigenvalue weighted by Crippen LogP contribution is -2.35. The zero-order valence-electron chi connectivity index (χ0n) is 16.3. The van der Waals surface area contributed by atoms with Gasteiger partial charge in [0.1, 0.15) is 11.5 Å². The SMILES string of the molecule is Cc1ccc(NC(=O)CS(=O)(=O)CC(=O)NCCc2ccc(S(N)(=O)=O)cc2)cc1. The minimum Gasteiger partial charge on any atom is -0.355 e. The van der Waals surface area contributed by atoms with Gasteiger partial charge in [-0.05, 0) is 43.2 Å². The largest absolute Gasteiger partial charge is 0.355 e. The molecule has 0 atom stereocenters. The molecule has 0 saturated carbocycles. The highest BCUT2D eigenvalue weighted by Crippen LogP contribution is 2.10. The van der Waals surface area contributed by atoms with Gasteiger partial charge in [-0.1, -0.05) is 29.8 Å². The molecule has 0 aromatic heterocycles. The molecule has 0 unspecified atom stereocenters. The number of hydrogen-bond donors (Lipinski definition) is 3. The third kappa shape index (κ3) is 7.93. The lowest BCUT2D eigenvalue weighted by Gasteiger charge is -2.08. The quantitative estimate of drug-likeness (QED) is 0.498. The molecule has 30 heavy (non-hydrogen) atoms. The van der Waals surface area contributed by atoms with Crippen molar-refractivity contribution in [3.05, 3.63) is 59.7 Å². The summed E-state index contributed by atoms with van der Waals surface area (Å²) in [5.74, 6) is -3.05. The van der Waals surface area contributed by atoms with Crippen LogP contribution >= 0.6 is 0 Å². The van der Waals surface area contributed by atoms with Crippen molar-refractivity contribution in [3.8, 4) is 0 Å². The molecule has 0 fully saturated rings. The third-order valence-corrected chi connectivity index (χ3v) is 6.36. The molecule has 9 nitrogen and oxygen atoms in total. The Hall–Kier alpha value is -2.76. The number of nitrogens with two attached hydrogens (primary N) is 1. The van der Waals surface area contributed by atoms with E-state index in [2.05, 4.69) is 10.6 Å². The minimum atomic E-state index is -3.93. The normalized spacial score (nSPS) is 11.7. The van der Waals surface area contributed by atoms with Gasteiger partial charge in [-0.3, -0.25) is 9.59 Å². The van der Waals surface area contributed by atoms with Crippen molar-refractivity contribution < 1.29 is 26.4 Å². The number of primary sulfonamides is 1. The summed E-state index contributed by atoms with van der Waals surface area (Å²) in [5.41, 5.74) is 2.21. The Morgan fingerprint density at radius 3 is 2.00 bits per heavy atom. The van der Waals surface area contributed by atoms with Crippen LogP contribution in [0.5, 0.6) is 0 Å². The summed E-state index contributed by atoms with van der Waals surface area (Å²) in [7, 11) is -7.70. The molecule has 2 rings (SSSR count). The topological polar surface area (TPSA) is 152 Å². The third-order valence-electron chi connectivity index (χ3n) is 4.03. The highest BCUT2D eigenvalue weighted by molar-refractivity contribution is 7.92. The number of carbonyl (C=O) groups excluding carboxylic acids is 2. The fourth-order valence-electron chi connectivity index (χ4n) is 2.53. The van der Waals surface area contributed by atoms with Crippen LogP contribution in [0, 0.1) is 6.92 Å². The summed E-state index contributed by atoms with van der Waals surface area (Å²) < 4.78 is 46.6. The van der Waals surface area contributed by atoms with E-state index in [9.17, 15) is 26.4 Å². The van der Waals surface area contributed by atoms with E-state index in [1.54, 1.807) is 36.4 Å². The maximum atomic E-state index is 12.1. The zero-order chi connectivity index (χ0) is 22.4. The number of carbonyl (C=O) groups is 2. The van der Waals surface area contributed by atoms with Gasteiger partial charge in [-0.2, -0.15) is 0 Å². The molecule has 0 spiro atoms. The first-order valence-electron chi connectivity index (χ1n) is 8.90. The van der Waals surface area contributed by atoms with Gasteiger partial charge in [0, 0.05) is 12.2 Å². The molecule has 0 bridgehead atoms. The Kier molecular flexibility index (Phi) is 7.71. The van der Waals surface area contributed by atoms with Gasteiger partial charge in [-0.25, -0.2) is 22.0 Å². The maximum absolute atomic E-state index is 12.1. The van der Waals surface area contributed by atoms with Gasteiger partial charge in [0.15, 0.2) is 9.84 Å². The molecule has 0 radical (unpaired) electrons. The molecule has 4 N–H and O–H groups in total. The van der Waals surface area contributed by atoms with Crippen molar-refractivity contribution in [1.82, 2.24) is 5.32 Å². The first-order chi connectivity index (χ1) is 13.9. The van der Waals surface area contributed by atoms with E-state index in [1.807, 2.05) is 6.92 Å². The number of aryl methyl sites for hydroxylation is 1. The highest BCUT2D eigenvalue weighted by Gasteiger charge is 2.20. The molecule has 2 aromatic carbocycles. The fraction of sp³-hybridized carbons (Fsp3) is 0.263. The second-order valence-electron chi connectivity index (χ2n) is 6.74. The van der Waals surface area contributed by atoms with E-state index < -0.39 is 43.2 Å². The van der Waals surface area contributed by atoms with E-state index in [4.69, 9.17) is 5.14 Å². The summed E-state index contributed by atoms with van der Waals surface area (Å²) in [6.45, 7) is 2.03. The summed E-state index contributed by atoms with van der Waals surface area (Å²) in [6, 6.07) is 12.7. The van der Waals surface area contributed by atoms with Crippen LogP contribution in [0.15, 0.2) is 53.4 Å². The Balaban J connectivity index is 1.78. The van der Waals surface area contributed by atoms with Crippen LogP contribution in [0.2, 0.25) is 0 Å². The number of rotatable bonds is 9. The molecular weight excluding hydrogens is 430 g/mol. The summed E-state index contributed by atoms with van der Waals surface area (Å²) in [6.07, 6.45) is 0.366. The number of sulfonamides is 1. The zero-order valence-corrected chi connectivity index (χ0v) is 17.9. The molecule has 0 aliphatic rings. The van der Waals surface area contributed by atoms with E-state index >= 15 is 0 Å². The van der Waals surface area contributed by atoms with Crippen molar-refractivity contribution >= 4 is 37.4 Å². The average Bonchev–Trinajstić information content (AvgIpc) is 2.62. The van der Waals surface area contributed by atoms with Gasteiger partial charge < -0.3 is 10.6 Å². The van der Waals surface area contributed by atoms with Gasteiger partial charge in [0.05, 0.1) is 4.90 Å². The number of nitrogens with one attached hydrogen (secondary N) is 2. The van der Waals surface area contributed by atoms with Crippen LogP contribution in [-0.2, 0) is 35.9 Å². The Morgan fingerprint density at radius 1 is 0.867 bits per heavy atom. The van der Waals surface area contributed by atoms with Crippen LogP contribution in [-0.4, -0.2) is 46.7 Å². The van der Waals surface area contributed by atoms with Gasteiger partial charge >= 0.3 is 0 Å². The number of sulfone groups is 1. The van der Waals surface area contributed by atoms with Gasteiger partial charge in [0.25, 0.3) is 0 Å². The summed E-state index contributed by atoms with van der Waals surface area (Å²) in [4.78, 5) is 23.8. The van der Waals surface area contributed by atoms with Crippen LogP contribution in [0.4, 0.5) is 5.69 Å². The van der Waals surface area contributed by atoms with Crippen LogP contribution in [0.25, 0.3) is 0 Å². The molecular formula is C19H23N3O6S2. The standard InChI is InChI=1S/C19H23N3O6S2/c1-14-2-6-16(7-3-14)22-19(24)13-29(25,26)12-18(23)21-11-10-15-4-8-17(9-5-15)30(20,27)28/h2-9H,10-13H2,1H3,(H,21,23)(H,22,24)(H2,20,27,28). The molecule has 0 aliphatic heterocycles. The van der Waals surface area contributed by atoms with Crippen molar-refractivity contribution in [1.29, 1.82) is 0 Å². The molecule has 11 heteroatoms. The first-order valence-corrected chi connectivity index (χ1v) is 12.3. The maximum Gasteiger partial charge on any atom is 0.239 e. The van der Waals surface area contributed by atoms with E-state index in [-0.39, 0.29) is 11.4 Å². The Bertz CT molecular complexity index is 1110. The fourth-order valence-corrected chi connectivity index (χ4v) is 4.12. The van der Waals surface area contributed by atoms with Crippen molar-refractivity contribution in [3.63, 3.8) is 0 Å². The van der Waals surface area contributed by atoms with Gasteiger partial charge in [-0.15, -0.1) is 0 Å². The van der Waals surface area contributed by atoms with Crippen molar-refractivity contribution in [2.45, 2.75) is 18.2 Å². The second-order valence-corrected chi connectivity index (χ2v) is 10.4. The molecule has 0 heterocycles. The smallest absolute Gasteiger partial charge is 0.239 e. The summed E-state index contributed by atoms with van der Waals surface area (Å²) in [5, 5.41) is 9.96. The molecule has 2 aromatic rings. The average molecular weight is 454 g/mol. The van der Waals surface area contributed by atoms with Crippen molar-refractivity contribution in [2.24, 2.45) is 5.14 Å². The predicted molar refractivity (Wildman–Crippen MR) is 113 cm³/mol. The number of amides is 2. The Morgan fingerprint density at radius 2 is 1.43 bits per heavy atom. The molecule has 162 valence electrons.